The van der Waals surface area contributed by atoms with E-state index in [0.29, 0.717) is 38.5 Å². The monoisotopic (exact) mass is 337 g/mol. The summed E-state index contributed by atoms with van der Waals surface area (Å²) in [6.45, 7) is 4.81. The van der Waals surface area contributed by atoms with Gasteiger partial charge in [-0.1, -0.05) is 0 Å². The Morgan fingerprint density at radius 3 is 2.71 bits per heavy atom. The summed E-state index contributed by atoms with van der Waals surface area (Å²) in [6, 6.07) is 1.82. The lowest BCUT2D eigenvalue weighted by Gasteiger charge is -2.36. The lowest BCUT2D eigenvalue weighted by atomic mass is 10.1. The van der Waals surface area contributed by atoms with Gasteiger partial charge in [-0.05, 0) is 25.8 Å². The number of hydrogen-bond donors (Lipinski definition) is 1. The third-order valence-electron chi connectivity index (χ3n) is 4.15. The second-order valence-corrected chi connectivity index (χ2v) is 6.00. The number of ether oxygens (including phenoxy) is 1. The van der Waals surface area contributed by atoms with Gasteiger partial charge in [0.1, 0.15) is 5.69 Å². The molecule has 8 nitrogen and oxygen atoms in total. The quantitative estimate of drug-likeness (QED) is 0.832. The average molecular weight is 337 g/mol. The van der Waals surface area contributed by atoms with Crippen molar-refractivity contribution in [3.63, 3.8) is 0 Å². The molecule has 1 aromatic rings. The number of nitrogens with one attached hydrogen (secondary N) is 1. The van der Waals surface area contributed by atoms with Crippen molar-refractivity contribution in [2.45, 2.75) is 32.4 Å². The second kappa shape index (κ2) is 8.68. The van der Waals surface area contributed by atoms with E-state index in [1.807, 2.05) is 11.8 Å². The summed E-state index contributed by atoms with van der Waals surface area (Å²) in [5.41, 5.74) is 0.536. The lowest BCUT2D eigenvalue weighted by molar-refractivity contribution is 0.0415. The maximum Gasteiger partial charge on any atom is 0.319 e. The van der Waals surface area contributed by atoms with E-state index < -0.39 is 0 Å². The van der Waals surface area contributed by atoms with Crippen LogP contribution in [-0.4, -0.2) is 78.0 Å². The molecule has 1 aliphatic rings. The molecule has 0 atom stereocenters. The molecule has 1 fully saturated rings. The zero-order chi connectivity index (χ0) is 17.5. The number of rotatable bonds is 6. The van der Waals surface area contributed by atoms with Crippen LogP contribution in [-0.2, 0) is 11.3 Å². The smallest absolute Gasteiger partial charge is 0.319 e. The van der Waals surface area contributed by atoms with Gasteiger partial charge in [0.15, 0.2) is 0 Å². The number of aryl methyl sites for hydroxylation is 1. The Kier molecular flexibility index (Phi) is 6.60. The van der Waals surface area contributed by atoms with E-state index in [9.17, 15) is 9.59 Å². The number of urea groups is 1. The summed E-state index contributed by atoms with van der Waals surface area (Å²) in [4.78, 5) is 28.1. The van der Waals surface area contributed by atoms with Crippen LogP contribution >= 0.6 is 0 Å². The van der Waals surface area contributed by atoms with E-state index in [0.717, 1.165) is 12.8 Å². The average Bonchev–Trinajstić information content (AvgIpc) is 3.07. The van der Waals surface area contributed by atoms with Gasteiger partial charge < -0.3 is 19.9 Å². The molecule has 1 aromatic heterocycles. The molecule has 134 valence electrons. The van der Waals surface area contributed by atoms with Gasteiger partial charge >= 0.3 is 6.03 Å². The van der Waals surface area contributed by atoms with Crippen molar-refractivity contribution in [3.8, 4) is 0 Å². The van der Waals surface area contributed by atoms with Crippen molar-refractivity contribution in [3.05, 3.63) is 18.0 Å². The van der Waals surface area contributed by atoms with Crippen molar-refractivity contribution in [2.75, 3.05) is 40.4 Å². The molecule has 3 amide bonds. The summed E-state index contributed by atoms with van der Waals surface area (Å²) in [6.07, 6.45) is 3.27. The highest BCUT2D eigenvalue weighted by Gasteiger charge is 2.26. The first kappa shape index (κ1) is 18.3. The molecule has 0 saturated carbocycles. The highest BCUT2D eigenvalue weighted by molar-refractivity contribution is 5.92. The Balaban J connectivity index is 1.92. The van der Waals surface area contributed by atoms with Crippen LogP contribution in [0.1, 0.15) is 30.3 Å². The van der Waals surface area contributed by atoms with Crippen molar-refractivity contribution >= 4 is 11.9 Å². The predicted octanol–water partition coefficient (Wildman–Crippen LogP) is 0.795. The van der Waals surface area contributed by atoms with Crippen LogP contribution in [0.5, 0.6) is 0 Å². The predicted molar refractivity (Wildman–Crippen MR) is 89.9 cm³/mol. The summed E-state index contributed by atoms with van der Waals surface area (Å²) < 4.78 is 7.03. The highest BCUT2D eigenvalue weighted by atomic mass is 16.5. The molecular formula is C16H27N5O3. The van der Waals surface area contributed by atoms with Crippen LogP contribution in [0.4, 0.5) is 4.79 Å². The first-order chi connectivity index (χ1) is 11.5. The Bertz CT molecular complexity index is 552. The topological polar surface area (TPSA) is 79.7 Å². The molecular weight excluding hydrogens is 310 g/mol. The number of carbonyl (C=O) groups excluding carboxylic acids is 2. The van der Waals surface area contributed by atoms with Crippen LogP contribution in [0.15, 0.2) is 12.3 Å². The van der Waals surface area contributed by atoms with Gasteiger partial charge in [0.2, 0.25) is 0 Å². The Hall–Kier alpha value is -2.09. The van der Waals surface area contributed by atoms with E-state index in [1.165, 1.54) is 0 Å². The van der Waals surface area contributed by atoms with Crippen molar-refractivity contribution in [2.24, 2.45) is 0 Å². The van der Waals surface area contributed by atoms with E-state index in [-0.39, 0.29) is 18.0 Å². The molecule has 24 heavy (non-hydrogen) atoms. The summed E-state index contributed by atoms with van der Waals surface area (Å²) in [5, 5.41) is 6.97. The van der Waals surface area contributed by atoms with Gasteiger partial charge in [0.05, 0.1) is 0 Å². The third kappa shape index (κ3) is 4.47. The molecule has 0 spiro atoms. The van der Waals surface area contributed by atoms with Gasteiger partial charge in [0.25, 0.3) is 5.91 Å². The number of hydrogen-bond acceptors (Lipinski definition) is 4. The molecule has 0 radical (unpaired) electrons. The minimum Gasteiger partial charge on any atom is -0.381 e. The Morgan fingerprint density at radius 1 is 1.38 bits per heavy atom. The van der Waals surface area contributed by atoms with Crippen molar-refractivity contribution in [1.82, 2.24) is 24.9 Å². The van der Waals surface area contributed by atoms with Gasteiger partial charge in [0, 0.05) is 59.2 Å². The van der Waals surface area contributed by atoms with Gasteiger partial charge in [-0.3, -0.25) is 9.48 Å². The first-order valence-electron chi connectivity index (χ1n) is 8.40. The zero-order valence-corrected chi connectivity index (χ0v) is 14.7. The Morgan fingerprint density at radius 2 is 2.08 bits per heavy atom. The van der Waals surface area contributed by atoms with Crippen LogP contribution < -0.4 is 5.32 Å². The minimum absolute atomic E-state index is 0.0326. The maximum atomic E-state index is 12.4. The molecule has 0 bridgehead atoms. The van der Waals surface area contributed by atoms with Gasteiger partial charge in [-0.25, -0.2) is 4.79 Å². The number of aromatic nitrogens is 2. The fourth-order valence-electron chi connectivity index (χ4n) is 2.85. The molecule has 0 aliphatic carbocycles. The molecule has 1 saturated heterocycles. The largest absolute Gasteiger partial charge is 0.381 e. The summed E-state index contributed by atoms with van der Waals surface area (Å²) in [7, 11) is 3.49. The summed E-state index contributed by atoms with van der Waals surface area (Å²) in [5.74, 6) is -0.168. The second-order valence-electron chi connectivity index (χ2n) is 6.00. The van der Waals surface area contributed by atoms with Crippen LogP contribution in [0, 0.1) is 0 Å². The molecule has 0 unspecified atom stereocenters. The maximum absolute atomic E-state index is 12.4. The van der Waals surface area contributed by atoms with Crippen molar-refractivity contribution in [1.29, 1.82) is 0 Å². The van der Waals surface area contributed by atoms with E-state index in [1.54, 1.807) is 35.9 Å². The van der Waals surface area contributed by atoms with Gasteiger partial charge in [-0.15, -0.1) is 0 Å². The van der Waals surface area contributed by atoms with Crippen LogP contribution in [0.2, 0.25) is 0 Å². The zero-order valence-electron chi connectivity index (χ0n) is 14.7. The number of nitrogens with zero attached hydrogens (tertiary/aromatic N) is 4. The van der Waals surface area contributed by atoms with Gasteiger partial charge in [-0.2, -0.15) is 5.10 Å². The normalized spacial score (nSPS) is 15.1. The SMILES string of the molecule is CCn1nccc1C(=O)NCCN(C(=O)N(C)C)C1CCOCC1. The fourth-order valence-corrected chi connectivity index (χ4v) is 2.85. The van der Waals surface area contributed by atoms with E-state index in [2.05, 4.69) is 10.4 Å². The minimum atomic E-state index is -0.168. The Labute approximate surface area is 142 Å². The standard InChI is InChI=1S/C16H27N5O3/c1-4-21-14(5-8-18-21)15(22)17-9-10-20(16(23)19(2)3)13-6-11-24-12-7-13/h5,8,13H,4,6-7,9-12H2,1-3H3,(H,17,22). The van der Waals surface area contributed by atoms with Crippen molar-refractivity contribution < 1.29 is 14.3 Å². The fraction of sp³-hybridized carbons (Fsp3) is 0.688. The molecule has 2 heterocycles. The van der Waals surface area contributed by atoms with E-state index in [4.69, 9.17) is 4.74 Å². The van der Waals surface area contributed by atoms with Crippen LogP contribution in [0.3, 0.4) is 0 Å². The molecule has 1 N–H and O–H groups in total. The molecule has 8 heteroatoms. The number of carbonyl (C=O) groups is 2. The highest BCUT2D eigenvalue weighted by Crippen LogP contribution is 2.15. The lowest BCUT2D eigenvalue weighted by Crippen LogP contribution is -2.50. The molecule has 2 rings (SSSR count). The first-order valence-corrected chi connectivity index (χ1v) is 8.40. The van der Waals surface area contributed by atoms with Crippen LogP contribution in [0.25, 0.3) is 0 Å². The van der Waals surface area contributed by atoms with E-state index >= 15 is 0 Å². The molecule has 0 aromatic carbocycles. The summed E-state index contributed by atoms with van der Waals surface area (Å²) >= 11 is 0. The third-order valence-corrected chi connectivity index (χ3v) is 4.15. The molecule has 1 aliphatic heterocycles. The number of amides is 3.